The highest BCUT2D eigenvalue weighted by Crippen LogP contribution is 2.31. The largest absolute Gasteiger partial charge is 0.395 e. The van der Waals surface area contributed by atoms with Crippen molar-refractivity contribution in [3.05, 3.63) is 35.1 Å². The van der Waals surface area contributed by atoms with E-state index in [4.69, 9.17) is 5.11 Å². The zero-order valence-corrected chi connectivity index (χ0v) is 11.7. The molecule has 0 fully saturated rings. The van der Waals surface area contributed by atoms with Crippen molar-refractivity contribution < 1.29 is 14.3 Å². The molecule has 20 heavy (non-hydrogen) atoms. The van der Waals surface area contributed by atoms with Crippen LogP contribution in [0.2, 0.25) is 0 Å². The number of aliphatic hydroxyl groups is 1. The first-order valence-electron chi connectivity index (χ1n) is 7.10. The topological polar surface area (TPSA) is 52.6 Å². The molecule has 110 valence electrons. The minimum atomic E-state index is -0.233. The zero-order valence-electron chi connectivity index (χ0n) is 11.7. The molecule has 0 aliphatic heterocycles. The number of hydrogen-bond donors (Lipinski definition) is 2. The summed E-state index contributed by atoms with van der Waals surface area (Å²) in [6.07, 6.45) is 2.43. The Bertz CT molecular complexity index is 473. The number of carbonyl (C=O) groups excluding carboxylic acids is 1. The van der Waals surface area contributed by atoms with Crippen LogP contribution in [0.25, 0.3) is 0 Å². The molecule has 1 atom stereocenters. The Kier molecular flexibility index (Phi) is 4.95. The van der Waals surface area contributed by atoms with Crippen LogP contribution in [0.5, 0.6) is 0 Å². The minimum absolute atomic E-state index is 0.0418. The number of fused-ring (bicyclic) bond motifs is 1. The average Bonchev–Trinajstić information content (AvgIpc) is 2.80. The number of urea groups is 1. The molecule has 1 aliphatic carbocycles. The maximum absolute atomic E-state index is 13.2. The van der Waals surface area contributed by atoms with Crippen molar-refractivity contribution in [2.24, 2.45) is 0 Å². The first-order valence-corrected chi connectivity index (χ1v) is 7.10. The predicted molar refractivity (Wildman–Crippen MR) is 74.9 cm³/mol. The van der Waals surface area contributed by atoms with Crippen LogP contribution in [-0.2, 0) is 6.42 Å². The average molecular weight is 280 g/mol. The van der Waals surface area contributed by atoms with Gasteiger partial charge in [0.15, 0.2) is 0 Å². The normalized spacial score (nSPS) is 16.9. The molecule has 2 rings (SSSR count). The summed E-state index contributed by atoms with van der Waals surface area (Å²) < 4.78 is 13.2. The van der Waals surface area contributed by atoms with Crippen molar-refractivity contribution in [3.8, 4) is 0 Å². The van der Waals surface area contributed by atoms with Gasteiger partial charge >= 0.3 is 6.03 Å². The molecule has 0 radical (unpaired) electrons. The summed E-state index contributed by atoms with van der Waals surface area (Å²) in [6, 6.07) is 4.50. The molecule has 2 amide bonds. The molecule has 2 N–H and O–H groups in total. The summed E-state index contributed by atoms with van der Waals surface area (Å²) >= 11 is 0. The van der Waals surface area contributed by atoms with Crippen molar-refractivity contribution in [1.82, 2.24) is 10.2 Å². The van der Waals surface area contributed by atoms with Gasteiger partial charge in [-0.15, -0.1) is 0 Å². The molecule has 1 aromatic carbocycles. The molecule has 0 saturated carbocycles. The number of halogens is 1. The highest BCUT2D eigenvalue weighted by Gasteiger charge is 2.25. The van der Waals surface area contributed by atoms with Crippen LogP contribution >= 0.6 is 0 Å². The first kappa shape index (κ1) is 14.8. The fraction of sp³-hybridized carbons (Fsp3) is 0.533. The second-order valence-electron chi connectivity index (χ2n) is 5.09. The standard InChI is InChI=1S/C15H21FN2O2/c1-2-7-18(8-9-19)15(20)17-14-6-3-11-10-12(16)4-5-13(11)14/h4-5,10,14,19H,2-3,6-9H2,1H3,(H,17,20). The molecule has 1 aromatic rings. The Morgan fingerprint density at radius 1 is 1.50 bits per heavy atom. The van der Waals surface area contributed by atoms with E-state index in [0.717, 1.165) is 30.4 Å². The zero-order chi connectivity index (χ0) is 14.5. The molecule has 1 unspecified atom stereocenters. The van der Waals surface area contributed by atoms with Gasteiger partial charge in [-0.2, -0.15) is 0 Å². The first-order chi connectivity index (χ1) is 9.65. The van der Waals surface area contributed by atoms with Crippen LogP contribution in [-0.4, -0.2) is 35.7 Å². The summed E-state index contributed by atoms with van der Waals surface area (Å²) in [5.41, 5.74) is 1.97. The highest BCUT2D eigenvalue weighted by atomic mass is 19.1. The van der Waals surface area contributed by atoms with Gasteiger partial charge in [-0.05, 0) is 42.5 Å². The molecule has 4 nitrogen and oxygen atoms in total. The number of benzene rings is 1. The quantitative estimate of drug-likeness (QED) is 0.869. The van der Waals surface area contributed by atoms with Crippen molar-refractivity contribution in [3.63, 3.8) is 0 Å². The third-order valence-corrected chi connectivity index (χ3v) is 3.63. The van der Waals surface area contributed by atoms with Crippen molar-refractivity contribution in [2.45, 2.75) is 32.2 Å². The number of amides is 2. The summed E-state index contributed by atoms with van der Waals surface area (Å²) in [5.74, 6) is -0.233. The monoisotopic (exact) mass is 280 g/mol. The predicted octanol–water partition coefficient (Wildman–Crippen LogP) is 2.23. The number of carbonyl (C=O) groups is 1. The molecule has 0 bridgehead atoms. The summed E-state index contributed by atoms with van der Waals surface area (Å²) in [7, 11) is 0. The molecule has 1 aliphatic rings. The molecular formula is C15H21FN2O2. The second kappa shape index (κ2) is 6.70. The number of hydrogen-bond acceptors (Lipinski definition) is 2. The molecule has 0 saturated heterocycles. The van der Waals surface area contributed by atoms with Gasteiger partial charge in [-0.25, -0.2) is 9.18 Å². The van der Waals surface area contributed by atoms with Crippen LogP contribution in [0.4, 0.5) is 9.18 Å². The minimum Gasteiger partial charge on any atom is -0.395 e. The van der Waals surface area contributed by atoms with Gasteiger partial charge in [0.05, 0.1) is 12.6 Å². The van der Waals surface area contributed by atoms with Gasteiger partial charge < -0.3 is 15.3 Å². The number of nitrogens with one attached hydrogen (secondary N) is 1. The van der Waals surface area contributed by atoms with Crippen molar-refractivity contribution >= 4 is 6.03 Å². The maximum atomic E-state index is 13.2. The summed E-state index contributed by atoms with van der Waals surface area (Å²) in [6.45, 7) is 2.91. The van der Waals surface area contributed by atoms with Gasteiger partial charge in [-0.1, -0.05) is 13.0 Å². The Balaban J connectivity index is 2.03. The molecular weight excluding hydrogens is 259 g/mol. The van der Waals surface area contributed by atoms with E-state index in [0.29, 0.717) is 13.1 Å². The molecule has 0 heterocycles. The molecule has 0 spiro atoms. The van der Waals surface area contributed by atoms with Gasteiger partial charge in [-0.3, -0.25) is 0 Å². The van der Waals surface area contributed by atoms with E-state index in [1.165, 1.54) is 6.07 Å². The second-order valence-corrected chi connectivity index (χ2v) is 5.09. The van der Waals surface area contributed by atoms with Crippen LogP contribution in [0.1, 0.15) is 36.9 Å². The van der Waals surface area contributed by atoms with E-state index in [-0.39, 0.29) is 24.5 Å². The maximum Gasteiger partial charge on any atom is 0.317 e. The third-order valence-electron chi connectivity index (χ3n) is 3.63. The highest BCUT2D eigenvalue weighted by molar-refractivity contribution is 5.75. The van der Waals surface area contributed by atoms with Crippen molar-refractivity contribution in [1.29, 1.82) is 0 Å². The van der Waals surface area contributed by atoms with Gasteiger partial charge in [0.25, 0.3) is 0 Å². The fourth-order valence-corrected chi connectivity index (χ4v) is 2.68. The van der Waals surface area contributed by atoms with E-state index >= 15 is 0 Å². The van der Waals surface area contributed by atoms with Gasteiger partial charge in [0.1, 0.15) is 5.82 Å². The van der Waals surface area contributed by atoms with Crippen LogP contribution in [0, 0.1) is 5.82 Å². The number of rotatable bonds is 5. The fourth-order valence-electron chi connectivity index (χ4n) is 2.68. The molecule has 0 aromatic heterocycles. The van der Waals surface area contributed by atoms with Crippen LogP contribution in [0.3, 0.4) is 0 Å². The van der Waals surface area contributed by atoms with E-state index in [9.17, 15) is 9.18 Å². The smallest absolute Gasteiger partial charge is 0.317 e. The number of nitrogens with zero attached hydrogens (tertiary/aromatic N) is 1. The van der Waals surface area contributed by atoms with Gasteiger partial charge in [0.2, 0.25) is 0 Å². The Hall–Kier alpha value is -1.62. The van der Waals surface area contributed by atoms with Crippen LogP contribution in [0.15, 0.2) is 18.2 Å². The van der Waals surface area contributed by atoms with Crippen LogP contribution < -0.4 is 5.32 Å². The molecule has 5 heteroatoms. The van der Waals surface area contributed by atoms with E-state index in [2.05, 4.69) is 5.32 Å². The summed E-state index contributed by atoms with van der Waals surface area (Å²) in [5, 5.41) is 12.0. The Morgan fingerprint density at radius 2 is 2.30 bits per heavy atom. The lowest BCUT2D eigenvalue weighted by atomic mass is 10.1. The Morgan fingerprint density at radius 3 is 3.00 bits per heavy atom. The van der Waals surface area contributed by atoms with E-state index in [1.807, 2.05) is 6.92 Å². The van der Waals surface area contributed by atoms with Crippen molar-refractivity contribution in [2.75, 3.05) is 19.7 Å². The Labute approximate surface area is 118 Å². The lowest BCUT2D eigenvalue weighted by Crippen LogP contribution is -2.43. The number of aryl methyl sites for hydroxylation is 1. The SMILES string of the molecule is CCCN(CCO)C(=O)NC1CCc2cc(F)ccc21. The lowest BCUT2D eigenvalue weighted by molar-refractivity contribution is 0.174. The number of aliphatic hydroxyl groups excluding tert-OH is 1. The lowest BCUT2D eigenvalue weighted by Gasteiger charge is -2.24. The summed E-state index contributed by atoms with van der Waals surface area (Å²) in [4.78, 5) is 13.8. The van der Waals surface area contributed by atoms with Gasteiger partial charge in [0, 0.05) is 13.1 Å². The third kappa shape index (κ3) is 3.28. The van der Waals surface area contributed by atoms with E-state index in [1.54, 1.807) is 17.0 Å². The van der Waals surface area contributed by atoms with E-state index < -0.39 is 0 Å².